The Morgan fingerprint density at radius 3 is 2.44 bits per heavy atom. The van der Waals surface area contributed by atoms with Gasteiger partial charge in [0.15, 0.2) is 0 Å². The van der Waals surface area contributed by atoms with E-state index in [0.29, 0.717) is 6.42 Å². The summed E-state index contributed by atoms with van der Waals surface area (Å²) in [6, 6.07) is -0.0315. The normalized spacial score (nSPS) is 13.6. The molecule has 1 heterocycles. The summed E-state index contributed by atoms with van der Waals surface area (Å²) in [5.41, 5.74) is 0. The van der Waals surface area contributed by atoms with E-state index >= 15 is 0 Å². The number of carbonyl (C=O) groups is 1. The summed E-state index contributed by atoms with van der Waals surface area (Å²) in [6.45, 7) is 7.03. The van der Waals surface area contributed by atoms with E-state index in [4.69, 9.17) is 0 Å². The Morgan fingerprint density at radius 2 is 1.94 bits per heavy atom. The van der Waals surface area contributed by atoms with Crippen molar-refractivity contribution >= 4 is 27.1 Å². The molecule has 6 nitrogen and oxygen atoms in total. The van der Waals surface area contributed by atoms with Gasteiger partial charge in [-0.25, -0.2) is 8.42 Å². The lowest BCUT2D eigenvalue weighted by atomic mass is 10.4. The zero-order chi connectivity index (χ0) is 13.9. The number of amides is 1. The summed E-state index contributed by atoms with van der Waals surface area (Å²) in [4.78, 5) is 11.6. The number of rotatable bonds is 5. The standard InChI is InChI=1S/C10H17N3O3S2/c1-5-7(4)18(15,16)10-13-12-9(17-10)8(14)11-6(2)3/h6-7H,5H2,1-4H3,(H,11,14). The Labute approximate surface area is 111 Å². The van der Waals surface area contributed by atoms with E-state index < -0.39 is 21.0 Å². The molecule has 8 heteroatoms. The molecular weight excluding hydrogens is 274 g/mol. The maximum atomic E-state index is 12.0. The molecule has 0 saturated heterocycles. The molecule has 0 aliphatic carbocycles. The van der Waals surface area contributed by atoms with Crippen molar-refractivity contribution in [3.63, 3.8) is 0 Å². The molecule has 102 valence electrons. The van der Waals surface area contributed by atoms with Gasteiger partial charge in [-0.15, -0.1) is 10.2 Å². The molecule has 1 atom stereocenters. The van der Waals surface area contributed by atoms with E-state index in [-0.39, 0.29) is 15.4 Å². The van der Waals surface area contributed by atoms with Gasteiger partial charge in [-0.1, -0.05) is 18.3 Å². The quantitative estimate of drug-likeness (QED) is 0.882. The molecule has 1 amide bonds. The Balaban J connectivity index is 2.97. The van der Waals surface area contributed by atoms with Crippen LogP contribution in [-0.4, -0.2) is 35.8 Å². The molecule has 1 N–H and O–H groups in total. The molecule has 1 unspecified atom stereocenters. The number of nitrogens with zero attached hydrogens (tertiary/aromatic N) is 2. The number of aromatic nitrogens is 2. The molecule has 0 spiro atoms. The van der Waals surface area contributed by atoms with Crippen molar-refractivity contribution in [2.45, 2.75) is 49.7 Å². The number of hydrogen-bond acceptors (Lipinski definition) is 6. The van der Waals surface area contributed by atoms with Crippen LogP contribution in [0.25, 0.3) is 0 Å². The molecule has 0 aliphatic rings. The summed E-state index contributed by atoms with van der Waals surface area (Å²) in [6.07, 6.45) is 0.495. The third-order valence-corrected chi connectivity index (χ3v) is 5.99. The average molecular weight is 291 g/mol. The molecule has 0 bridgehead atoms. The minimum atomic E-state index is -3.47. The van der Waals surface area contributed by atoms with Crippen molar-refractivity contribution in [3.05, 3.63) is 5.01 Å². The fourth-order valence-electron chi connectivity index (χ4n) is 1.13. The maximum Gasteiger partial charge on any atom is 0.282 e. The minimum absolute atomic E-state index is 0.0315. The highest BCUT2D eigenvalue weighted by Gasteiger charge is 2.27. The second-order valence-electron chi connectivity index (χ2n) is 4.27. The van der Waals surface area contributed by atoms with Crippen molar-refractivity contribution in [2.75, 3.05) is 0 Å². The molecule has 0 fully saturated rings. The van der Waals surface area contributed by atoms with Crippen LogP contribution in [0.4, 0.5) is 0 Å². The van der Waals surface area contributed by atoms with Crippen LogP contribution in [0.1, 0.15) is 43.9 Å². The van der Waals surface area contributed by atoms with Crippen molar-refractivity contribution < 1.29 is 13.2 Å². The lowest BCUT2D eigenvalue weighted by Gasteiger charge is -2.06. The van der Waals surface area contributed by atoms with Gasteiger partial charge in [-0.05, 0) is 27.2 Å². The van der Waals surface area contributed by atoms with Crippen LogP contribution < -0.4 is 5.32 Å². The summed E-state index contributed by atoms with van der Waals surface area (Å²) in [5.74, 6) is -0.395. The molecule has 1 aromatic rings. The van der Waals surface area contributed by atoms with Gasteiger partial charge < -0.3 is 5.32 Å². The number of hydrogen-bond donors (Lipinski definition) is 1. The first kappa shape index (κ1) is 15.0. The van der Waals surface area contributed by atoms with Crippen molar-refractivity contribution in [1.29, 1.82) is 0 Å². The molecule has 0 aliphatic heterocycles. The van der Waals surface area contributed by atoms with Gasteiger partial charge in [0.25, 0.3) is 5.91 Å². The minimum Gasteiger partial charge on any atom is -0.348 e. The largest absolute Gasteiger partial charge is 0.348 e. The summed E-state index contributed by atoms with van der Waals surface area (Å²) < 4.78 is 23.9. The van der Waals surface area contributed by atoms with E-state index in [2.05, 4.69) is 15.5 Å². The van der Waals surface area contributed by atoms with Gasteiger partial charge in [0, 0.05) is 6.04 Å². The third-order valence-electron chi connectivity index (χ3n) is 2.37. The first-order chi connectivity index (χ1) is 8.28. The summed E-state index contributed by atoms with van der Waals surface area (Å²) >= 11 is 0.811. The Bertz CT molecular complexity index is 522. The molecule has 1 rings (SSSR count). The Morgan fingerprint density at radius 1 is 1.33 bits per heavy atom. The highest BCUT2D eigenvalue weighted by atomic mass is 32.2. The van der Waals surface area contributed by atoms with Crippen LogP contribution >= 0.6 is 11.3 Å². The predicted octanol–water partition coefficient (Wildman–Crippen LogP) is 1.25. The lowest BCUT2D eigenvalue weighted by Crippen LogP contribution is -2.29. The molecule has 0 aromatic carbocycles. The second-order valence-corrected chi connectivity index (χ2v) is 7.78. The van der Waals surface area contributed by atoms with Gasteiger partial charge in [-0.3, -0.25) is 4.79 Å². The summed E-state index contributed by atoms with van der Waals surface area (Å²) in [7, 11) is -3.47. The van der Waals surface area contributed by atoms with Gasteiger partial charge in [0.2, 0.25) is 19.2 Å². The molecule has 1 aromatic heterocycles. The predicted molar refractivity (Wildman–Crippen MR) is 69.5 cm³/mol. The van der Waals surface area contributed by atoms with Gasteiger partial charge in [0.1, 0.15) is 0 Å². The highest BCUT2D eigenvalue weighted by molar-refractivity contribution is 7.93. The van der Waals surface area contributed by atoms with E-state index in [1.807, 2.05) is 13.8 Å². The second kappa shape index (κ2) is 5.75. The Hall–Kier alpha value is -1.02. The molecular formula is C10H17N3O3S2. The first-order valence-corrected chi connectivity index (χ1v) is 8.03. The monoisotopic (exact) mass is 291 g/mol. The molecule has 0 radical (unpaired) electrons. The maximum absolute atomic E-state index is 12.0. The number of sulfone groups is 1. The van der Waals surface area contributed by atoms with Crippen LogP contribution in [0.2, 0.25) is 0 Å². The fraction of sp³-hybridized carbons (Fsp3) is 0.700. The zero-order valence-electron chi connectivity index (χ0n) is 10.8. The number of carbonyl (C=O) groups excluding carboxylic acids is 1. The molecule has 18 heavy (non-hydrogen) atoms. The van der Waals surface area contributed by atoms with Crippen LogP contribution in [0, 0.1) is 0 Å². The van der Waals surface area contributed by atoms with Gasteiger partial charge >= 0.3 is 0 Å². The van der Waals surface area contributed by atoms with E-state index in [0.717, 1.165) is 11.3 Å². The third kappa shape index (κ3) is 3.26. The van der Waals surface area contributed by atoms with Crippen molar-refractivity contribution in [3.8, 4) is 0 Å². The van der Waals surface area contributed by atoms with E-state index in [1.165, 1.54) is 0 Å². The van der Waals surface area contributed by atoms with E-state index in [1.54, 1.807) is 13.8 Å². The van der Waals surface area contributed by atoms with Gasteiger partial charge in [0.05, 0.1) is 5.25 Å². The van der Waals surface area contributed by atoms with Crippen LogP contribution in [0.3, 0.4) is 0 Å². The topological polar surface area (TPSA) is 89.0 Å². The van der Waals surface area contributed by atoms with Crippen molar-refractivity contribution in [1.82, 2.24) is 15.5 Å². The summed E-state index contributed by atoms with van der Waals surface area (Å²) in [5, 5.41) is 9.43. The van der Waals surface area contributed by atoms with Gasteiger partial charge in [-0.2, -0.15) is 0 Å². The zero-order valence-corrected chi connectivity index (χ0v) is 12.4. The first-order valence-electron chi connectivity index (χ1n) is 5.67. The van der Waals surface area contributed by atoms with E-state index in [9.17, 15) is 13.2 Å². The lowest BCUT2D eigenvalue weighted by molar-refractivity contribution is 0.0942. The molecule has 0 saturated carbocycles. The SMILES string of the molecule is CCC(C)S(=O)(=O)c1nnc(C(=O)NC(C)C)s1. The van der Waals surface area contributed by atoms with Crippen LogP contribution in [-0.2, 0) is 9.84 Å². The average Bonchev–Trinajstić information content (AvgIpc) is 2.76. The Kier molecular flexibility index (Phi) is 4.80. The number of nitrogens with one attached hydrogen (secondary N) is 1. The van der Waals surface area contributed by atoms with Crippen LogP contribution in [0.5, 0.6) is 0 Å². The van der Waals surface area contributed by atoms with Crippen molar-refractivity contribution in [2.24, 2.45) is 0 Å². The smallest absolute Gasteiger partial charge is 0.282 e. The fourth-order valence-corrected chi connectivity index (χ4v) is 3.74. The highest BCUT2D eigenvalue weighted by Crippen LogP contribution is 2.21. The van der Waals surface area contributed by atoms with Crippen LogP contribution in [0.15, 0.2) is 4.34 Å².